The Kier molecular flexibility index (Phi) is 5.91. The average molecular weight is 343 g/mol. The molecule has 4 nitrogen and oxygen atoms in total. The van der Waals surface area contributed by atoms with E-state index in [1.807, 2.05) is 19.9 Å². The van der Waals surface area contributed by atoms with Gasteiger partial charge in [-0.2, -0.15) is 0 Å². The molecule has 0 aliphatic rings. The molecule has 0 aromatic heterocycles. The number of carboxylic acids is 1. The molecule has 0 atom stereocenters. The maximum absolute atomic E-state index is 13.4. The van der Waals surface area contributed by atoms with Gasteiger partial charge in [0.15, 0.2) is 0 Å². The van der Waals surface area contributed by atoms with Crippen molar-refractivity contribution in [3.05, 3.63) is 71.0 Å². The molecule has 0 aliphatic carbocycles. The highest BCUT2D eigenvalue weighted by Crippen LogP contribution is 2.23. The molecule has 0 unspecified atom stereocenters. The van der Waals surface area contributed by atoms with Gasteiger partial charge in [-0.05, 0) is 35.7 Å². The molecule has 0 bridgehead atoms. The normalized spacial score (nSPS) is 11.2. The molecular formula is C20H22FNO3. The minimum absolute atomic E-state index is 0.162. The quantitative estimate of drug-likeness (QED) is 0.808. The fourth-order valence-electron chi connectivity index (χ4n) is 2.61. The van der Waals surface area contributed by atoms with Crippen LogP contribution in [0, 0.1) is 5.82 Å². The lowest BCUT2D eigenvalue weighted by Crippen LogP contribution is -2.36. The third kappa shape index (κ3) is 5.14. The predicted octanol–water partition coefficient (Wildman–Crippen LogP) is 3.55. The van der Waals surface area contributed by atoms with Gasteiger partial charge in [-0.3, -0.25) is 4.79 Å². The molecule has 2 N–H and O–H groups in total. The van der Waals surface area contributed by atoms with Gasteiger partial charge in [0.05, 0.1) is 5.56 Å². The zero-order chi connectivity index (χ0) is 18.4. The summed E-state index contributed by atoms with van der Waals surface area (Å²) >= 11 is 0. The zero-order valence-electron chi connectivity index (χ0n) is 14.4. The van der Waals surface area contributed by atoms with Gasteiger partial charge >= 0.3 is 5.97 Å². The minimum atomic E-state index is -0.997. The Labute approximate surface area is 146 Å². The molecule has 0 radical (unpaired) electrons. The fourth-order valence-corrected chi connectivity index (χ4v) is 2.61. The number of carboxylic acid groups (broad SMARTS) is 1. The molecule has 5 heteroatoms. The summed E-state index contributed by atoms with van der Waals surface area (Å²) in [6, 6.07) is 13.0. The molecule has 132 valence electrons. The first-order chi connectivity index (χ1) is 11.8. The van der Waals surface area contributed by atoms with Crippen LogP contribution in [0.1, 0.15) is 41.8 Å². The van der Waals surface area contributed by atoms with E-state index in [1.54, 1.807) is 24.3 Å². The third-order valence-corrected chi connectivity index (χ3v) is 4.20. The van der Waals surface area contributed by atoms with Crippen LogP contribution in [0.25, 0.3) is 0 Å². The maximum Gasteiger partial charge on any atom is 0.335 e. The second-order valence-electron chi connectivity index (χ2n) is 6.63. The summed E-state index contributed by atoms with van der Waals surface area (Å²) in [5.74, 6) is -1.46. The average Bonchev–Trinajstić information content (AvgIpc) is 2.58. The Morgan fingerprint density at radius 1 is 1.12 bits per heavy atom. The first-order valence-electron chi connectivity index (χ1n) is 8.13. The molecule has 2 rings (SSSR count). The number of halogens is 1. The van der Waals surface area contributed by atoms with Crippen molar-refractivity contribution >= 4 is 11.9 Å². The number of benzene rings is 2. The molecule has 0 spiro atoms. The fraction of sp³-hybridized carbons (Fsp3) is 0.300. The molecule has 0 aliphatic heterocycles. The maximum atomic E-state index is 13.4. The lowest BCUT2D eigenvalue weighted by molar-refractivity contribution is -0.121. The van der Waals surface area contributed by atoms with Crippen molar-refractivity contribution in [3.8, 4) is 0 Å². The summed E-state index contributed by atoms with van der Waals surface area (Å²) in [5.41, 5.74) is 1.26. The van der Waals surface area contributed by atoms with Gasteiger partial charge in [0.2, 0.25) is 5.91 Å². The standard InChI is InChI=1S/C20H22FNO3/c1-20(2,15-7-5-8-16(21)12-15)13-22-18(23)11-10-14-6-3-4-9-17(14)19(24)25/h3-9,12H,10-11,13H2,1-2H3,(H,22,23)(H,24,25). The number of carbonyl (C=O) groups excluding carboxylic acids is 1. The molecular weight excluding hydrogens is 321 g/mol. The van der Waals surface area contributed by atoms with E-state index in [4.69, 9.17) is 5.11 Å². The van der Waals surface area contributed by atoms with Gasteiger partial charge in [0.25, 0.3) is 0 Å². The van der Waals surface area contributed by atoms with Crippen LogP contribution in [-0.4, -0.2) is 23.5 Å². The molecule has 0 heterocycles. The molecule has 0 fully saturated rings. The Morgan fingerprint density at radius 3 is 2.52 bits per heavy atom. The number of amides is 1. The summed E-state index contributed by atoms with van der Waals surface area (Å²) in [5, 5.41) is 12.0. The summed E-state index contributed by atoms with van der Waals surface area (Å²) in [6.45, 7) is 4.24. The smallest absolute Gasteiger partial charge is 0.335 e. The third-order valence-electron chi connectivity index (χ3n) is 4.20. The van der Waals surface area contributed by atoms with E-state index in [2.05, 4.69) is 5.32 Å². The van der Waals surface area contributed by atoms with Crippen molar-refractivity contribution in [1.29, 1.82) is 0 Å². The van der Waals surface area contributed by atoms with E-state index in [-0.39, 0.29) is 23.7 Å². The SMILES string of the molecule is CC(C)(CNC(=O)CCc1ccccc1C(=O)O)c1cccc(F)c1. The molecule has 25 heavy (non-hydrogen) atoms. The Hall–Kier alpha value is -2.69. The van der Waals surface area contributed by atoms with E-state index >= 15 is 0 Å². The van der Waals surface area contributed by atoms with Crippen LogP contribution in [0.15, 0.2) is 48.5 Å². The molecule has 2 aromatic carbocycles. The summed E-state index contributed by atoms with van der Waals surface area (Å²) in [6.07, 6.45) is 0.554. The number of rotatable bonds is 7. The molecule has 2 aromatic rings. The van der Waals surface area contributed by atoms with Gasteiger partial charge in [-0.25, -0.2) is 9.18 Å². The van der Waals surface area contributed by atoms with Gasteiger partial charge in [-0.1, -0.05) is 44.2 Å². The number of aryl methyl sites for hydroxylation is 1. The van der Waals surface area contributed by atoms with Gasteiger partial charge in [0.1, 0.15) is 5.82 Å². The largest absolute Gasteiger partial charge is 0.478 e. The molecule has 0 saturated heterocycles. The number of carbonyl (C=O) groups is 2. The van der Waals surface area contributed by atoms with Crippen molar-refractivity contribution in [2.24, 2.45) is 0 Å². The zero-order valence-corrected chi connectivity index (χ0v) is 14.4. The van der Waals surface area contributed by atoms with Crippen LogP contribution in [0.5, 0.6) is 0 Å². The highest BCUT2D eigenvalue weighted by atomic mass is 19.1. The summed E-state index contributed by atoms with van der Waals surface area (Å²) in [7, 11) is 0. The van der Waals surface area contributed by atoms with Crippen molar-refractivity contribution in [2.45, 2.75) is 32.1 Å². The van der Waals surface area contributed by atoms with Crippen molar-refractivity contribution in [3.63, 3.8) is 0 Å². The van der Waals surface area contributed by atoms with E-state index < -0.39 is 11.4 Å². The first kappa shape index (κ1) is 18.6. The van der Waals surface area contributed by atoms with E-state index in [0.29, 0.717) is 18.5 Å². The van der Waals surface area contributed by atoms with E-state index in [0.717, 1.165) is 5.56 Å². The molecule has 0 saturated carbocycles. The second-order valence-corrected chi connectivity index (χ2v) is 6.63. The van der Waals surface area contributed by atoms with Crippen LogP contribution in [0.3, 0.4) is 0 Å². The molecule has 1 amide bonds. The monoisotopic (exact) mass is 343 g/mol. The number of hydrogen-bond donors (Lipinski definition) is 2. The van der Waals surface area contributed by atoms with Crippen LogP contribution >= 0.6 is 0 Å². The predicted molar refractivity (Wildman–Crippen MR) is 94.2 cm³/mol. The Bertz CT molecular complexity index is 771. The summed E-state index contributed by atoms with van der Waals surface area (Å²) < 4.78 is 13.4. The number of hydrogen-bond acceptors (Lipinski definition) is 2. The van der Waals surface area contributed by atoms with Crippen molar-refractivity contribution in [2.75, 3.05) is 6.54 Å². The lowest BCUT2D eigenvalue weighted by atomic mass is 9.84. The van der Waals surface area contributed by atoms with E-state index in [1.165, 1.54) is 18.2 Å². The highest BCUT2D eigenvalue weighted by molar-refractivity contribution is 5.89. The Balaban J connectivity index is 1.92. The second kappa shape index (κ2) is 7.92. The first-order valence-corrected chi connectivity index (χ1v) is 8.13. The van der Waals surface area contributed by atoms with Crippen LogP contribution in [0.4, 0.5) is 4.39 Å². The van der Waals surface area contributed by atoms with Crippen LogP contribution < -0.4 is 5.32 Å². The van der Waals surface area contributed by atoms with Crippen molar-refractivity contribution in [1.82, 2.24) is 5.32 Å². The van der Waals surface area contributed by atoms with Crippen molar-refractivity contribution < 1.29 is 19.1 Å². The van der Waals surface area contributed by atoms with Gasteiger partial charge in [0, 0.05) is 18.4 Å². The lowest BCUT2D eigenvalue weighted by Gasteiger charge is -2.25. The highest BCUT2D eigenvalue weighted by Gasteiger charge is 2.22. The number of aromatic carboxylic acids is 1. The minimum Gasteiger partial charge on any atom is -0.478 e. The Morgan fingerprint density at radius 2 is 1.84 bits per heavy atom. The van der Waals surface area contributed by atoms with Gasteiger partial charge < -0.3 is 10.4 Å². The van der Waals surface area contributed by atoms with Gasteiger partial charge in [-0.15, -0.1) is 0 Å². The van der Waals surface area contributed by atoms with Crippen LogP contribution in [-0.2, 0) is 16.6 Å². The number of nitrogens with one attached hydrogen (secondary N) is 1. The van der Waals surface area contributed by atoms with Crippen LogP contribution in [0.2, 0.25) is 0 Å². The van der Waals surface area contributed by atoms with E-state index in [9.17, 15) is 14.0 Å². The summed E-state index contributed by atoms with van der Waals surface area (Å²) in [4.78, 5) is 23.3. The topological polar surface area (TPSA) is 66.4 Å².